The third-order valence-corrected chi connectivity index (χ3v) is 5.04. The molecular formula is C20H28N4O2. The Balaban J connectivity index is 1.85. The minimum absolute atomic E-state index is 0.141. The molecule has 1 aliphatic heterocycles. The third-order valence-electron chi connectivity index (χ3n) is 5.04. The molecule has 1 aromatic heterocycles. The van der Waals surface area contributed by atoms with Gasteiger partial charge in [0.05, 0.1) is 7.11 Å². The van der Waals surface area contributed by atoms with Gasteiger partial charge in [-0.2, -0.15) is 0 Å². The van der Waals surface area contributed by atoms with Gasteiger partial charge < -0.3 is 14.6 Å². The number of ether oxygens (including phenoxy) is 1. The van der Waals surface area contributed by atoms with Gasteiger partial charge >= 0.3 is 0 Å². The second-order valence-corrected chi connectivity index (χ2v) is 6.69. The number of hydrogen-bond acceptors (Lipinski definition) is 4. The van der Waals surface area contributed by atoms with Crippen molar-refractivity contribution >= 4 is 5.91 Å². The Morgan fingerprint density at radius 2 is 2.15 bits per heavy atom. The van der Waals surface area contributed by atoms with Crippen LogP contribution in [0.1, 0.15) is 32.3 Å². The van der Waals surface area contributed by atoms with Crippen molar-refractivity contribution in [1.29, 1.82) is 0 Å². The van der Waals surface area contributed by atoms with Crippen molar-refractivity contribution < 1.29 is 9.53 Å². The van der Waals surface area contributed by atoms with Gasteiger partial charge in [-0.1, -0.05) is 13.8 Å². The van der Waals surface area contributed by atoms with Gasteiger partial charge in [-0.25, -0.2) is 4.98 Å². The monoisotopic (exact) mass is 356 g/mol. The molecule has 0 radical (unpaired) electrons. The summed E-state index contributed by atoms with van der Waals surface area (Å²) in [4.78, 5) is 18.4. The van der Waals surface area contributed by atoms with Crippen LogP contribution < -0.4 is 10.1 Å². The topological polar surface area (TPSA) is 59.4 Å². The smallest absolute Gasteiger partial charge is 0.220 e. The Bertz CT molecular complexity index is 752. The van der Waals surface area contributed by atoms with E-state index in [9.17, 15) is 4.79 Å². The van der Waals surface area contributed by atoms with E-state index in [1.54, 1.807) is 7.11 Å². The largest absolute Gasteiger partial charge is 0.496 e. The van der Waals surface area contributed by atoms with Crippen LogP contribution in [-0.4, -0.2) is 46.6 Å². The first-order valence-corrected chi connectivity index (χ1v) is 9.34. The van der Waals surface area contributed by atoms with E-state index in [0.717, 1.165) is 55.3 Å². The average Bonchev–Trinajstić information content (AvgIpc) is 3.28. The standard InChI is InChI=1S/C20H28N4O2/c1-4-23(5-2)13-16-12-15(6-8-18(16)26-3)20-21-10-11-24(20)14-17-7-9-19(25)22-17/h6,8,10-12,17H,4-5,7,9,13-14H2,1-3H3,(H,22,25). The average molecular weight is 356 g/mol. The molecule has 1 aliphatic rings. The second kappa shape index (κ2) is 8.36. The van der Waals surface area contributed by atoms with E-state index in [2.05, 4.69) is 45.7 Å². The van der Waals surface area contributed by atoms with E-state index in [0.29, 0.717) is 6.42 Å². The summed E-state index contributed by atoms with van der Waals surface area (Å²) in [6, 6.07) is 6.42. The minimum atomic E-state index is 0.141. The van der Waals surface area contributed by atoms with Gasteiger partial charge in [0.15, 0.2) is 0 Å². The van der Waals surface area contributed by atoms with Crippen LogP contribution in [0.25, 0.3) is 11.4 Å². The molecule has 6 nitrogen and oxygen atoms in total. The van der Waals surface area contributed by atoms with Crippen LogP contribution in [0.3, 0.4) is 0 Å². The van der Waals surface area contributed by atoms with Gasteiger partial charge in [0.2, 0.25) is 5.91 Å². The second-order valence-electron chi connectivity index (χ2n) is 6.69. The molecule has 0 bridgehead atoms. The van der Waals surface area contributed by atoms with Crippen molar-refractivity contribution in [2.24, 2.45) is 0 Å². The number of aromatic nitrogens is 2. The molecule has 1 unspecified atom stereocenters. The number of carbonyl (C=O) groups is 1. The molecule has 2 aromatic rings. The lowest BCUT2D eigenvalue weighted by molar-refractivity contribution is -0.119. The fraction of sp³-hybridized carbons (Fsp3) is 0.500. The van der Waals surface area contributed by atoms with Crippen molar-refractivity contribution in [1.82, 2.24) is 19.8 Å². The fourth-order valence-corrected chi connectivity index (χ4v) is 3.50. The highest BCUT2D eigenvalue weighted by molar-refractivity contribution is 5.78. The summed E-state index contributed by atoms with van der Waals surface area (Å²) in [5, 5.41) is 3.03. The number of amides is 1. The van der Waals surface area contributed by atoms with E-state index < -0.39 is 0 Å². The first-order valence-electron chi connectivity index (χ1n) is 9.34. The Morgan fingerprint density at radius 3 is 2.81 bits per heavy atom. The van der Waals surface area contributed by atoms with Crippen LogP contribution in [0.2, 0.25) is 0 Å². The van der Waals surface area contributed by atoms with E-state index >= 15 is 0 Å². The normalized spacial score (nSPS) is 16.9. The minimum Gasteiger partial charge on any atom is -0.496 e. The summed E-state index contributed by atoms with van der Waals surface area (Å²) in [5.41, 5.74) is 2.24. The summed E-state index contributed by atoms with van der Waals surface area (Å²) < 4.78 is 7.68. The van der Waals surface area contributed by atoms with Gasteiger partial charge in [0.25, 0.3) is 0 Å². The molecule has 2 heterocycles. The summed E-state index contributed by atoms with van der Waals surface area (Å²) in [7, 11) is 1.71. The Labute approximate surface area is 155 Å². The molecular weight excluding hydrogens is 328 g/mol. The zero-order valence-corrected chi connectivity index (χ0v) is 15.9. The summed E-state index contributed by atoms with van der Waals surface area (Å²) in [5.74, 6) is 1.97. The number of methoxy groups -OCH3 is 1. The van der Waals surface area contributed by atoms with Gasteiger partial charge in [0.1, 0.15) is 11.6 Å². The van der Waals surface area contributed by atoms with Crippen molar-refractivity contribution in [3.05, 3.63) is 36.2 Å². The van der Waals surface area contributed by atoms with E-state index in [1.165, 1.54) is 0 Å². The maximum Gasteiger partial charge on any atom is 0.220 e. The van der Waals surface area contributed by atoms with Crippen LogP contribution >= 0.6 is 0 Å². The van der Waals surface area contributed by atoms with Crippen LogP contribution in [0.15, 0.2) is 30.6 Å². The lowest BCUT2D eigenvalue weighted by Gasteiger charge is -2.20. The Hall–Kier alpha value is -2.34. The highest BCUT2D eigenvalue weighted by Gasteiger charge is 2.22. The SMILES string of the molecule is CCN(CC)Cc1cc(-c2nccn2CC2CCC(=O)N2)ccc1OC. The molecule has 0 spiro atoms. The predicted molar refractivity (Wildman–Crippen MR) is 102 cm³/mol. The zero-order chi connectivity index (χ0) is 18.5. The molecule has 6 heteroatoms. The Kier molecular flexibility index (Phi) is 5.93. The number of imidazole rings is 1. The number of nitrogens with zero attached hydrogens (tertiary/aromatic N) is 3. The molecule has 1 N–H and O–H groups in total. The molecule has 1 aromatic carbocycles. The van der Waals surface area contributed by atoms with Crippen molar-refractivity contribution in [3.63, 3.8) is 0 Å². The van der Waals surface area contributed by atoms with Crippen LogP contribution in [-0.2, 0) is 17.9 Å². The molecule has 1 fully saturated rings. The maximum absolute atomic E-state index is 11.5. The quantitative estimate of drug-likeness (QED) is 0.790. The summed E-state index contributed by atoms with van der Waals surface area (Å²) >= 11 is 0. The summed E-state index contributed by atoms with van der Waals surface area (Å²) in [6.45, 7) is 7.94. The number of benzene rings is 1. The van der Waals surface area contributed by atoms with Crippen LogP contribution in [0, 0.1) is 0 Å². The predicted octanol–water partition coefficient (Wildman–Crippen LogP) is 2.68. The lowest BCUT2D eigenvalue weighted by atomic mass is 10.1. The van der Waals surface area contributed by atoms with E-state index in [1.807, 2.05) is 18.5 Å². The highest BCUT2D eigenvalue weighted by Crippen LogP contribution is 2.27. The van der Waals surface area contributed by atoms with Gasteiger partial charge in [-0.15, -0.1) is 0 Å². The first-order chi connectivity index (χ1) is 12.6. The first kappa shape index (κ1) is 18.5. The number of rotatable bonds is 8. The van der Waals surface area contributed by atoms with Gasteiger partial charge in [-0.05, 0) is 37.7 Å². The molecule has 3 rings (SSSR count). The van der Waals surface area contributed by atoms with E-state index in [4.69, 9.17) is 4.74 Å². The molecule has 1 atom stereocenters. The maximum atomic E-state index is 11.5. The highest BCUT2D eigenvalue weighted by atomic mass is 16.5. The number of hydrogen-bond donors (Lipinski definition) is 1. The number of nitrogens with one attached hydrogen (secondary N) is 1. The van der Waals surface area contributed by atoms with Crippen molar-refractivity contribution in [2.45, 2.75) is 45.8 Å². The lowest BCUT2D eigenvalue weighted by Crippen LogP contribution is -2.29. The molecule has 140 valence electrons. The zero-order valence-electron chi connectivity index (χ0n) is 15.9. The molecule has 0 aliphatic carbocycles. The van der Waals surface area contributed by atoms with E-state index in [-0.39, 0.29) is 11.9 Å². The fourth-order valence-electron chi connectivity index (χ4n) is 3.50. The third kappa shape index (κ3) is 4.07. The van der Waals surface area contributed by atoms with Gasteiger partial charge in [-0.3, -0.25) is 9.69 Å². The van der Waals surface area contributed by atoms with Gasteiger partial charge in [0, 0.05) is 49.1 Å². The van der Waals surface area contributed by atoms with Crippen molar-refractivity contribution in [2.75, 3.05) is 20.2 Å². The van der Waals surface area contributed by atoms with Crippen LogP contribution in [0.5, 0.6) is 5.75 Å². The van der Waals surface area contributed by atoms with Crippen molar-refractivity contribution in [3.8, 4) is 17.1 Å². The molecule has 26 heavy (non-hydrogen) atoms. The molecule has 1 saturated heterocycles. The van der Waals surface area contributed by atoms with Crippen LogP contribution in [0.4, 0.5) is 0 Å². The molecule has 1 amide bonds. The number of carbonyl (C=O) groups excluding carboxylic acids is 1. The molecule has 0 saturated carbocycles. The Morgan fingerprint density at radius 1 is 1.35 bits per heavy atom. The summed E-state index contributed by atoms with van der Waals surface area (Å²) in [6.07, 6.45) is 5.30.